The van der Waals surface area contributed by atoms with E-state index in [0.717, 1.165) is 29.2 Å². The van der Waals surface area contributed by atoms with Crippen molar-refractivity contribution in [2.24, 2.45) is 0 Å². The topological polar surface area (TPSA) is 81.9 Å². The molecule has 5 rings (SSSR count). The van der Waals surface area contributed by atoms with Crippen molar-refractivity contribution >= 4 is 16.5 Å². The third-order valence-corrected chi connectivity index (χ3v) is 6.41. The number of ether oxygens (including phenoxy) is 1. The Morgan fingerprint density at radius 3 is 2.82 bits per heavy atom. The third kappa shape index (κ3) is 3.33. The summed E-state index contributed by atoms with van der Waals surface area (Å²) in [4.78, 5) is 22.7. The standard InChI is InChI=1S/C20H21N5O2S/c26-19-6-5-14(13-7-9-21-10-8-13)24-25(19)17-12-27-11-16(17)23-20-22-15-3-1-2-4-18(15)28-20/h5-10,16-17H,1-4,11-12H2,(H,22,23). The van der Waals surface area contributed by atoms with Crippen LogP contribution in [-0.2, 0) is 17.6 Å². The highest BCUT2D eigenvalue weighted by molar-refractivity contribution is 7.15. The minimum absolute atomic E-state index is 0.0366. The van der Waals surface area contributed by atoms with E-state index in [-0.39, 0.29) is 17.6 Å². The van der Waals surface area contributed by atoms with Gasteiger partial charge in [-0.05, 0) is 43.9 Å². The molecule has 2 unspecified atom stereocenters. The lowest BCUT2D eigenvalue weighted by atomic mass is 10.0. The summed E-state index contributed by atoms with van der Waals surface area (Å²) in [6.45, 7) is 0.984. The van der Waals surface area contributed by atoms with Crippen LogP contribution in [0.5, 0.6) is 0 Å². The van der Waals surface area contributed by atoms with Crippen LogP contribution in [0.1, 0.15) is 29.5 Å². The lowest BCUT2D eigenvalue weighted by Crippen LogP contribution is -2.37. The normalized spacial score (nSPS) is 21.4. The molecule has 1 aliphatic carbocycles. The van der Waals surface area contributed by atoms with Crippen LogP contribution in [0.15, 0.2) is 41.5 Å². The Bertz CT molecular complexity index is 1010. The average Bonchev–Trinajstić information content (AvgIpc) is 3.35. The molecular formula is C20H21N5O2S. The highest BCUT2D eigenvalue weighted by atomic mass is 32.1. The van der Waals surface area contributed by atoms with E-state index in [1.54, 1.807) is 40.5 Å². The summed E-state index contributed by atoms with van der Waals surface area (Å²) in [5, 5.41) is 9.05. The first-order valence-electron chi connectivity index (χ1n) is 9.61. The molecule has 2 atom stereocenters. The number of rotatable bonds is 4. The summed E-state index contributed by atoms with van der Waals surface area (Å²) in [6.07, 6.45) is 8.08. The largest absolute Gasteiger partial charge is 0.377 e. The molecule has 0 spiro atoms. The molecule has 8 heteroatoms. The van der Waals surface area contributed by atoms with Gasteiger partial charge in [0.1, 0.15) is 6.04 Å². The maximum atomic E-state index is 12.5. The molecule has 0 bridgehead atoms. The van der Waals surface area contributed by atoms with Crippen molar-refractivity contribution in [3.05, 3.63) is 57.6 Å². The van der Waals surface area contributed by atoms with E-state index < -0.39 is 0 Å². The van der Waals surface area contributed by atoms with Crippen LogP contribution in [0.2, 0.25) is 0 Å². The SMILES string of the molecule is O=c1ccc(-c2ccncc2)nn1C1COCC1Nc1nc2c(s1)CCCC2. The number of hydrogen-bond donors (Lipinski definition) is 1. The second kappa shape index (κ2) is 7.44. The summed E-state index contributed by atoms with van der Waals surface area (Å²) in [6, 6.07) is 6.89. The highest BCUT2D eigenvalue weighted by Crippen LogP contribution is 2.31. The van der Waals surface area contributed by atoms with Gasteiger partial charge in [-0.2, -0.15) is 5.10 Å². The fourth-order valence-electron chi connectivity index (χ4n) is 3.83. The molecule has 3 aromatic rings. The Morgan fingerprint density at radius 2 is 1.96 bits per heavy atom. The zero-order valence-corrected chi connectivity index (χ0v) is 16.2. The van der Waals surface area contributed by atoms with Crippen LogP contribution < -0.4 is 10.9 Å². The van der Waals surface area contributed by atoms with Crippen molar-refractivity contribution < 1.29 is 4.74 Å². The molecular weight excluding hydrogens is 374 g/mol. The summed E-state index contributed by atoms with van der Waals surface area (Å²) in [5.41, 5.74) is 2.78. The second-order valence-electron chi connectivity index (χ2n) is 7.19. The van der Waals surface area contributed by atoms with E-state index in [1.807, 2.05) is 12.1 Å². The van der Waals surface area contributed by atoms with Crippen molar-refractivity contribution in [2.75, 3.05) is 18.5 Å². The van der Waals surface area contributed by atoms with E-state index in [2.05, 4.69) is 15.4 Å². The number of aryl methyl sites for hydroxylation is 2. The first kappa shape index (κ1) is 17.5. The number of aromatic nitrogens is 4. The van der Waals surface area contributed by atoms with Crippen LogP contribution in [0.25, 0.3) is 11.3 Å². The van der Waals surface area contributed by atoms with Gasteiger partial charge in [-0.3, -0.25) is 9.78 Å². The van der Waals surface area contributed by atoms with E-state index in [1.165, 1.54) is 23.4 Å². The minimum atomic E-state index is -0.171. The van der Waals surface area contributed by atoms with Crippen molar-refractivity contribution in [1.29, 1.82) is 0 Å². The van der Waals surface area contributed by atoms with Crippen molar-refractivity contribution in [3.8, 4) is 11.3 Å². The van der Waals surface area contributed by atoms with E-state index >= 15 is 0 Å². The molecule has 3 aromatic heterocycles. The van der Waals surface area contributed by atoms with Gasteiger partial charge in [-0.25, -0.2) is 9.67 Å². The maximum Gasteiger partial charge on any atom is 0.267 e. The molecule has 0 radical (unpaired) electrons. The van der Waals surface area contributed by atoms with Crippen molar-refractivity contribution in [1.82, 2.24) is 19.7 Å². The molecule has 1 N–H and O–H groups in total. The van der Waals surface area contributed by atoms with E-state index in [0.29, 0.717) is 13.2 Å². The minimum Gasteiger partial charge on any atom is -0.377 e. The van der Waals surface area contributed by atoms with Crippen LogP contribution in [0.3, 0.4) is 0 Å². The zero-order valence-electron chi connectivity index (χ0n) is 15.4. The van der Waals surface area contributed by atoms with Gasteiger partial charge in [-0.15, -0.1) is 11.3 Å². The maximum absolute atomic E-state index is 12.5. The number of fused-ring (bicyclic) bond motifs is 1. The Morgan fingerprint density at radius 1 is 1.11 bits per heavy atom. The molecule has 0 aromatic carbocycles. The molecule has 28 heavy (non-hydrogen) atoms. The first-order valence-corrected chi connectivity index (χ1v) is 10.4. The molecule has 0 saturated carbocycles. The summed E-state index contributed by atoms with van der Waals surface area (Å²) < 4.78 is 7.25. The molecule has 144 valence electrons. The molecule has 1 aliphatic heterocycles. The molecule has 1 fully saturated rings. The first-order chi connectivity index (χ1) is 13.8. The zero-order chi connectivity index (χ0) is 18.9. The molecule has 1 saturated heterocycles. The lowest BCUT2D eigenvalue weighted by molar-refractivity contribution is 0.183. The molecule has 4 heterocycles. The van der Waals surface area contributed by atoms with Gasteiger partial charge >= 0.3 is 0 Å². The number of pyridine rings is 1. The fourth-order valence-corrected chi connectivity index (χ4v) is 4.95. The monoisotopic (exact) mass is 395 g/mol. The van der Waals surface area contributed by atoms with Crippen LogP contribution in [-0.4, -0.2) is 39.0 Å². The van der Waals surface area contributed by atoms with E-state index in [4.69, 9.17) is 9.72 Å². The van der Waals surface area contributed by atoms with Gasteiger partial charge in [0.25, 0.3) is 5.56 Å². The summed E-state index contributed by atoms with van der Waals surface area (Å²) in [7, 11) is 0. The highest BCUT2D eigenvalue weighted by Gasteiger charge is 2.32. The Labute approximate surface area is 166 Å². The summed E-state index contributed by atoms with van der Waals surface area (Å²) >= 11 is 1.73. The number of nitrogens with one attached hydrogen (secondary N) is 1. The van der Waals surface area contributed by atoms with Gasteiger partial charge in [0, 0.05) is 28.9 Å². The van der Waals surface area contributed by atoms with Gasteiger partial charge in [0.2, 0.25) is 0 Å². The van der Waals surface area contributed by atoms with E-state index in [9.17, 15) is 4.79 Å². The number of hydrogen-bond acceptors (Lipinski definition) is 7. The van der Waals surface area contributed by atoms with Gasteiger partial charge in [0.05, 0.1) is 30.6 Å². The van der Waals surface area contributed by atoms with Gasteiger partial charge in [-0.1, -0.05) is 0 Å². The van der Waals surface area contributed by atoms with Gasteiger partial charge in [0.15, 0.2) is 5.13 Å². The Kier molecular flexibility index (Phi) is 4.66. The number of anilines is 1. The smallest absolute Gasteiger partial charge is 0.267 e. The molecule has 7 nitrogen and oxygen atoms in total. The average molecular weight is 395 g/mol. The van der Waals surface area contributed by atoms with Crippen molar-refractivity contribution in [2.45, 2.75) is 37.8 Å². The quantitative estimate of drug-likeness (QED) is 0.731. The molecule has 2 aliphatic rings. The number of thiazole rings is 1. The number of nitrogens with zero attached hydrogens (tertiary/aromatic N) is 4. The predicted octanol–water partition coefficient (Wildman–Crippen LogP) is 2.69. The fraction of sp³-hybridized carbons (Fsp3) is 0.400. The summed E-state index contributed by atoms with van der Waals surface area (Å²) in [5.74, 6) is 0. The predicted molar refractivity (Wildman–Crippen MR) is 108 cm³/mol. The lowest BCUT2D eigenvalue weighted by Gasteiger charge is -2.20. The Hall–Kier alpha value is -2.58. The van der Waals surface area contributed by atoms with Crippen LogP contribution in [0.4, 0.5) is 5.13 Å². The van der Waals surface area contributed by atoms with Gasteiger partial charge < -0.3 is 10.1 Å². The third-order valence-electron chi connectivity index (χ3n) is 5.32. The van der Waals surface area contributed by atoms with Crippen LogP contribution in [0, 0.1) is 0 Å². The second-order valence-corrected chi connectivity index (χ2v) is 8.27. The van der Waals surface area contributed by atoms with Crippen molar-refractivity contribution in [3.63, 3.8) is 0 Å². The Balaban J connectivity index is 1.42. The molecule has 0 amide bonds. The van der Waals surface area contributed by atoms with Crippen LogP contribution >= 0.6 is 11.3 Å².